The molecular weight excluding hydrogens is 244 g/mol. The molecule has 0 aromatic heterocycles. The van der Waals surface area contributed by atoms with E-state index in [1.807, 2.05) is 39.8 Å². The average Bonchev–Trinajstić information content (AvgIpc) is 2.35. The molecule has 0 bridgehead atoms. The molecule has 4 heteroatoms. The molecule has 19 heavy (non-hydrogen) atoms. The second-order valence-electron chi connectivity index (χ2n) is 5.18. The van der Waals surface area contributed by atoms with Crippen LogP contribution in [0.15, 0.2) is 18.2 Å². The minimum atomic E-state index is -0.160. The van der Waals surface area contributed by atoms with Gasteiger partial charge in [0, 0.05) is 0 Å². The first-order valence-electron chi connectivity index (χ1n) is 6.59. The molecule has 0 atom stereocenters. The highest BCUT2D eigenvalue weighted by atomic mass is 16.5. The molecule has 0 aliphatic carbocycles. The highest BCUT2D eigenvalue weighted by molar-refractivity contribution is 5.42. The first-order valence-corrected chi connectivity index (χ1v) is 6.59. The molecule has 0 spiro atoms. The van der Waals surface area contributed by atoms with Crippen LogP contribution in [0, 0.1) is 0 Å². The highest BCUT2D eigenvalue weighted by Gasteiger charge is 2.10. The molecule has 1 aromatic rings. The fourth-order valence-electron chi connectivity index (χ4n) is 1.54. The molecule has 4 nitrogen and oxygen atoms in total. The highest BCUT2D eigenvalue weighted by Crippen LogP contribution is 2.28. The number of rotatable bonds is 7. The van der Waals surface area contributed by atoms with Crippen molar-refractivity contribution in [3.63, 3.8) is 0 Å². The van der Waals surface area contributed by atoms with Gasteiger partial charge < -0.3 is 19.3 Å². The summed E-state index contributed by atoms with van der Waals surface area (Å²) in [6.07, 6.45) is 0. The molecular formula is C15H24O4. The Morgan fingerprint density at radius 1 is 1.05 bits per heavy atom. The van der Waals surface area contributed by atoms with E-state index in [0.717, 1.165) is 5.56 Å². The van der Waals surface area contributed by atoms with E-state index < -0.39 is 0 Å². The Morgan fingerprint density at radius 3 is 2.37 bits per heavy atom. The van der Waals surface area contributed by atoms with Gasteiger partial charge in [0.1, 0.15) is 6.61 Å². The summed E-state index contributed by atoms with van der Waals surface area (Å²) >= 11 is 0. The molecule has 0 aliphatic rings. The molecule has 0 aliphatic heterocycles. The van der Waals surface area contributed by atoms with E-state index >= 15 is 0 Å². The maximum absolute atomic E-state index is 9.11. The molecule has 1 rings (SSSR count). The van der Waals surface area contributed by atoms with E-state index in [-0.39, 0.29) is 12.2 Å². The monoisotopic (exact) mass is 268 g/mol. The van der Waals surface area contributed by atoms with Crippen molar-refractivity contribution in [2.24, 2.45) is 0 Å². The van der Waals surface area contributed by atoms with Gasteiger partial charge in [-0.2, -0.15) is 0 Å². The fraction of sp³-hybridized carbons (Fsp3) is 0.600. The third-order valence-corrected chi connectivity index (χ3v) is 2.37. The summed E-state index contributed by atoms with van der Waals surface area (Å²) < 4.78 is 16.7. The van der Waals surface area contributed by atoms with Crippen molar-refractivity contribution >= 4 is 0 Å². The molecule has 0 saturated carbocycles. The van der Waals surface area contributed by atoms with E-state index in [4.69, 9.17) is 19.3 Å². The van der Waals surface area contributed by atoms with Crippen molar-refractivity contribution in [3.05, 3.63) is 23.8 Å². The molecule has 0 radical (unpaired) electrons. The summed E-state index contributed by atoms with van der Waals surface area (Å²) in [5.41, 5.74) is 0.647. The summed E-state index contributed by atoms with van der Waals surface area (Å²) in [5, 5.41) is 9.11. The van der Waals surface area contributed by atoms with Gasteiger partial charge in [0.25, 0.3) is 0 Å². The third-order valence-electron chi connectivity index (χ3n) is 2.37. The zero-order valence-electron chi connectivity index (χ0n) is 12.2. The van der Waals surface area contributed by atoms with Crippen molar-refractivity contribution in [1.82, 2.24) is 0 Å². The SMILES string of the molecule is CCOc1cc(CO)ccc1OCCOC(C)(C)C. The van der Waals surface area contributed by atoms with Gasteiger partial charge in [0.05, 0.1) is 25.4 Å². The Kier molecular flexibility index (Phi) is 6.12. The second-order valence-corrected chi connectivity index (χ2v) is 5.18. The van der Waals surface area contributed by atoms with Crippen LogP contribution in [-0.2, 0) is 11.3 Å². The fourth-order valence-corrected chi connectivity index (χ4v) is 1.54. The molecule has 0 fully saturated rings. The standard InChI is InChI=1S/C15H24O4/c1-5-17-14-10-12(11-16)6-7-13(14)18-8-9-19-15(2,3)4/h6-7,10,16H,5,8-9,11H2,1-4H3. The van der Waals surface area contributed by atoms with E-state index in [1.165, 1.54) is 0 Å². The van der Waals surface area contributed by atoms with Gasteiger partial charge in [-0.05, 0) is 45.4 Å². The largest absolute Gasteiger partial charge is 0.490 e. The first kappa shape index (κ1) is 15.8. The number of aliphatic hydroxyl groups is 1. The maximum atomic E-state index is 9.11. The van der Waals surface area contributed by atoms with E-state index in [1.54, 1.807) is 6.07 Å². The van der Waals surface area contributed by atoms with Crippen LogP contribution >= 0.6 is 0 Å². The van der Waals surface area contributed by atoms with E-state index in [0.29, 0.717) is 31.3 Å². The molecule has 1 aromatic carbocycles. The smallest absolute Gasteiger partial charge is 0.161 e. The topological polar surface area (TPSA) is 47.9 Å². The molecule has 0 amide bonds. The van der Waals surface area contributed by atoms with Gasteiger partial charge in [0.2, 0.25) is 0 Å². The predicted octanol–water partition coefficient (Wildman–Crippen LogP) is 2.77. The lowest BCUT2D eigenvalue weighted by Gasteiger charge is -2.20. The zero-order chi connectivity index (χ0) is 14.3. The maximum Gasteiger partial charge on any atom is 0.161 e. The lowest BCUT2D eigenvalue weighted by atomic mass is 10.2. The predicted molar refractivity (Wildman–Crippen MR) is 74.7 cm³/mol. The average molecular weight is 268 g/mol. The van der Waals surface area contributed by atoms with Gasteiger partial charge in [-0.1, -0.05) is 6.07 Å². The van der Waals surface area contributed by atoms with Gasteiger partial charge in [-0.25, -0.2) is 0 Å². The number of ether oxygens (including phenoxy) is 3. The first-order chi connectivity index (χ1) is 8.96. The third kappa shape index (κ3) is 5.94. The summed E-state index contributed by atoms with van der Waals surface area (Å²) in [6, 6.07) is 5.43. The van der Waals surface area contributed by atoms with Crippen LogP contribution in [-0.4, -0.2) is 30.5 Å². The van der Waals surface area contributed by atoms with E-state index in [9.17, 15) is 0 Å². The van der Waals surface area contributed by atoms with Gasteiger partial charge in [0.15, 0.2) is 11.5 Å². The van der Waals surface area contributed by atoms with Crippen LogP contribution < -0.4 is 9.47 Å². The Morgan fingerprint density at radius 2 is 1.79 bits per heavy atom. The van der Waals surface area contributed by atoms with Crippen LogP contribution in [0.3, 0.4) is 0 Å². The Labute approximate surface area is 115 Å². The number of hydrogen-bond donors (Lipinski definition) is 1. The summed E-state index contributed by atoms with van der Waals surface area (Å²) in [4.78, 5) is 0. The number of hydrogen-bond acceptors (Lipinski definition) is 4. The lowest BCUT2D eigenvalue weighted by Crippen LogP contribution is -2.22. The Balaban J connectivity index is 2.56. The molecule has 0 heterocycles. The van der Waals surface area contributed by atoms with Crippen LogP contribution in [0.25, 0.3) is 0 Å². The molecule has 1 N–H and O–H groups in total. The van der Waals surface area contributed by atoms with Gasteiger partial charge in [-0.15, -0.1) is 0 Å². The lowest BCUT2D eigenvalue weighted by molar-refractivity contribution is -0.0165. The quantitative estimate of drug-likeness (QED) is 0.772. The van der Waals surface area contributed by atoms with Crippen LogP contribution in [0.4, 0.5) is 0 Å². The number of benzene rings is 1. The van der Waals surface area contributed by atoms with E-state index in [2.05, 4.69) is 0 Å². The van der Waals surface area contributed by atoms with Crippen LogP contribution in [0.2, 0.25) is 0 Å². The summed E-state index contributed by atoms with van der Waals surface area (Å²) in [5.74, 6) is 1.33. The normalized spacial score (nSPS) is 11.4. The Bertz CT molecular complexity index is 382. The van der Waals surface area contributed by atoms with Gasteiger partial charge >= 0.3 is 0 Å². The zero-order valence-corrected chi connectivity index (χ0v) is 12.2. The molecule has 108 valence electrons. The minimum Gasteiger partial charge on any atom is -0.490 e. The number of aliphatic hydroxyl groups excluding tert-OH is 1. The van der Waals surface area contributed by atoms with Crippen LogP contribution in [0.5, 0.6) is 11.5 Å². The Hall–Kier alpha value is -1.26. The van der Waals surface area contributed by atoms with Crippen molar-refractivity contribution in [2.75, 3.05) is 19.8 Å². The van der Waals surface area contributed by atoms with Crippen LogP contribution in [0.1, 0.15) is 33.3 Å². The summed E-state index contributed by atoms with van der Waals surface area (Å²) in [7, 11) is 0. The van der Waals surface area contributed by atoms with Crippen molar-refractivity contribution in [1.29, 1.82) is 0 Å². The second kappa shape index (κ2) is 7.36. The molecule has 0 unspecified atom stereocenters. The molecule has 0 saturated heterocycles. The minimum absolute atomic E-state index is 0.00646. The van der Waals surface area contributed by atoms with Gasteiger partial charge in [-0.3, -0.25) is 0 Å². The van der Waals surface area contributed by atoms with Crippen molar-refractivity contribution in [2.45, 2.75) is 39.9 Å². The summed E-state index contributed by atoms with van der Waals surface area (Å²) in [6.45, 7) is 9.49. The van der Waals surface area contributed by atoms with Crippen molar-refractivity contribution < 1.29 is 19.3 Å². The van der Waals surface area contributed by atoms with Crippen molar-refractivity contribution in [3.8, 4) is 11.5 Å².